The second-order valence-electron chi connectivity index (χ2n) is 18.8. The van der Waals surface area contributed by atoms with Gasteiger partial charge in [0.1, 0.15) is 17.2 Å². The van der Waals surface area contributed by atoms with Crippen LogP contribution >= 0.6 is 0 Å². The molecule has 0 aliphatic rings. The minimum Gasteiger partial charge on any atom is -0.309 e. The molecule has 2 nitrogen and oxygen atoms in total. The lowest BCUT2D eigenvalue weighted by atomic mass is 9.97. The summed E-state index contributed by atoms with van der Waals surface area (Å²) in [7, 11) is 0. The molecule has 0 spiro atoms. The fraction of sp³-hybridized carbons (Fsp3) is 0.0769. The average molecular weight is 949 g/mol. The summed E-state index contributed by atoms with van der Waals surface area (Å²) in [6.45, 7) is 8.13. The quantitative estimate of drug-likeness (QED) is 0.141. The second kappa shape index (κ2) is 17.1. The van der Waals surface area contributed by atoms with Gasteiger partial charge in [0.05, 0.1) is 39.0 Å². The number of aromatic nitrogens is 2. The van der Waals surface area contributed by atoms with Gasteiger partial charge in [-0.05, 0) is 173 Å². The van der Waals surface area contributed by atoms with Crippen LogP contribution in [-0.4, -0.2) is 9.13 Å². The molecular formula is C65H45F5N2. The average Bonchev–Trinajstić information content (AvgIpc) is 3.87. The van der Waals surface area contributed by atoms with Crippen LogP contribution in [0, 0.1) is 39.3 Å². The van der Waals surface area contributed by atoms with Crippen molar-refractivity contribution >= 4 is 43.6 Å². The van der Waals surface area contributed by atoms with Crippen molar-refractivity contribution in [1.82, 2.24) is 9.13 Å². The SMILES string of the molecule is Cc1ccccc1-c1ccc2c(c1)c1cc(-c3ccccc3C)ccc1n2-c1cc(-c2c(F)cccc2F)cc(-n2c3ccc(-c4ccccc4C)cc3c3cc(-c4ccccc4C)ccc32)c1C(F)(F)F. The third-order valence-electron chi connectivity index (χ3n) is 14.5. The Morgan fingerprint density at radius 2 is 0.611 bits per heavy atom. The van der Waals surface area contributed by atoms with Crippen LogP contribution in [0.3, 0.4) is 0 Å². The predicted octanol–water partition coefficient (Wildman–Crippen LogP) is 18.7. The van der Waals surface area contributed by atoms with Crippen molar-refractivity contribution in [1.29, 1.82) is 0 Å². The molecule has 2 aromatic heterocycles. The summed E-state index contributed by atoms with van der Waals surface area (Å²) >= 11 is 0. The molecule has 10 aromatic carbocycles. The fourth-order valence-corrected chi connectivity index (χ4v) is 11.0. The number of fused-ring (bicyclic) bond motifs is 6. The van der Waals surface area contributed by atoms with Gasteiger partial charge in [0, 0.05) is 21.5 Å². The van der Waals surface area contributed by atoms with Crippen LogP contribution in [0.5, 0.6) is 0 Å². The molecule has 0 saturated heterocycles. The first kappa shape index (κ1) is 44.6. The number of hydrogen-bond donors (Lipinski definition) is 0. The van der Waals surface area contributed by atoms with Gasteiger partial charge >= 0.3 is 6.18 Å². The van der Waals surface area contributed by atoms with E-state index < -0.39 is 28.9 Å². The van der Waals surface area contributed by atoms with Crippen molar-refractivity contribution in [3.63, 3.8) is 0 Å². The van der Waals surface area contributed by atoms with Gasteiger partial charge in [-0.1, -0.05) is 127 Å². The molecule has 0 bridgehead atoms. The molecule has 350 valence electrons. The van der Waals surface area contributed by atoms with Crippen LogP contribution in [0.2, 0.25) is 0 Å². The third kappa shape index (κ3) is 7.29. The first-order valence-corrected chi connectivity index (χ1v) is 23.9. The number of aryl methyl sites for hydroxylation is 4. The molecule has 0 aliphatic heterocycles. The summed E-state index contributed by atoms with van der Waals surface area (Å²) in [5, 5.41) is 2.90. The minimum absolute atomic E-state index is 0.0466. The van der Waals surface area contributed by atoms with E-state index in [0.29, 0.717) is 22.1 Å². The Morgan fingerprint density at radius 1 is 0.319 bits per heavy atom. The van der Waals surface area contributed by atoms with E-state index in [4.69, 9.17) is 0 Å². The van der Waals surface area contributed by atoms with Gasteiger partial charge < -0.3 is 9.13 Å². The molecule has 7 heteroatoms. The topological polar surface area (TPSA) is 9.86 Å². The first-order valence-electron chi connectivity index (χ1n) is 23.9. The van der Waals surface area contributed by atoms with Gasteiger partial charge in [0.2, 0.25) is 0 Å². The van der Waals surface area contributed by atoms with Gasteiger partial charge in [-0.15, -0.1) is 0 Å². The standard InChI is InChI=1S/C65H45F5N2/c1-38-14-5-9-18-47(38)42-24-28-57-51(32-42)52-33-43(48-19-10-6-15-39(48)2)25-29-58(52)71(57)61-36-46(63-55(66)22-13-23-56(63)67)37-62(64(61)65(68,69)70)72-59-30-26-44(49-20-11-7-16-40(49)3)34-53(59)54-35-45(27-31-60(54)72)50-21-12-8-17-41(50)4/h5-37H,1-4H3. The maximum atomic E-state index is 16.9. The van der Waals surface area contributed by atoms with Gasteiger partial charge in [0.25, 0.3) is 0 Å². The summed E-state index contributed by atoms with van der Waals surface area (Å²) in [5.74, 6) is -1.79. The van der Waals surface area contributed by atoms with Crippen LogP contribution in [0.4, 0.5) is 22.0 Å². The highest BCUT2D eigenvalue weighted by Crippen LogP contribution is 2.48. The Balaban J connectivity index is 1.23. The maximum Gasteiger partial charge on any atom is 0.420 e. The zero-order valence-electron chi connectivity index (χ0n) is 39.8. The van der Waals surface area contributed by atoms with Gasteiger partial charge in [-0.2, -0.15) is 13.2 Å². The third-order valence-corrected chi connectivity index (χ3v) is 14.5. The lowest BCUT2D eigenvalue weighted by Gasteiger charge is -2.23. The number of rotatable bonds is 7. The van der Waals surface area contributed by atoms with Crippen LogP contribution < -0.4 is 0 Å². The van der Waals surface area contributed by atoms with Crippen molar-refractivity contribution in [2.24, 2.45) is 0 Å². The molecule has 12 rings (SSSR count). The lowest BCUT2D eigenvalue weighted by molar-refractivity contribution is -0.137. The highest BCUT2D eigenvalue weighted by atomic mass is 19.4. The molecular weight excluding hydrogens is 904 g/mol. The molecule has 2 heterocycles. The van der Waals surface area contributed by atoms with Crippen molar-refractivity contribution < 1.29 is 22.0 Å². The lowest BCUT2D eigenvalue weighted by Crippen LogP contribution is -2.16. The van der Waals surface area contributed by atoms with Gasteiger partial charge in [-0.25, -0.2) is 8.78 Å². The van der Waals surface area contributed by atoms with Crippen molar-refractivity contribution in [3.05, 3.63) is 240 Å². The maximum absolute atomic E-state index is 16.9. The second-order valence-corrected chi connectivity index (χ2v) is 18.8. The van der Waals surface area contributed by atoms with Gasteiger partial charge in [0.15, 0.2) is 0 Å². The Hall–Kier alpha value is -8.55. The summed E-state index contributed by atoms with van der Waals surface area (Å²) in [4.78, 5) is 0. The number of alkyl halides is 3. The Morgan fingerprint density at radius 3 is 0.889 bits per heavy atom. The summed E-state index contributed by atoms with van der Waals surface area (Å²) in [6.07, 6.45) is -4.99. The molecule has 0 fully saturated rings. The molecule has 72 heavy (non-hydrogen) atoms. The zero-order valence-corrected chi connectivity index (χ0v) is 39.8. The molecule has 0 aliphatic carbocycles. The number of benzene rings is 10. The van der Waals surface area contributed by atoms with Crippen LogP contribution in [0.1, 0.15) is 27.8 Å². The van der Waals surface area contributed by atoms with Crippen molar-refractivity contribution in [2.45, 2.75) is 33.9 Å². The van der Waals surface area contributed by atoms with E-state index in [9.17, 15) is 0 Å². The van der Waals surface area contributed by atoms with E-state index in [1.54, 1.807) is 9.13 Å². The van der Waals surface area contributed by atoms with Gasteiger partial charge in [-0.3, -0.25) is 0 Å². The Labute approximate surface area is 413 Å². The highest BCUT2D eigenvalue weighted by Gasteiger charge is 2.40. The molecule has 0 saturated carbocycles. The minimum atomic E-state index is -4.99. The summed E-state index contributed by atoms with van der Waals surface area (Å²) in [5.41, 5.74) is 11.8. The fourth-order valence-electron chi connectivity index (χ4n) is 11.0. The van der Waals surface area contributed by atoms with Crippen LogP contribution in [-0.2, 0) is 6.18 Å². The van der Waals surface area contributed by atoms with E-state index in [0.717, 1.165) is 100 Å². The number of halogens is 5. The van der Waals surface area contributed by atoms with E-state index in [2.05, 4.69) is 0 Å². The van der Waals surface area contributed by atoms with E-state index in [1.807, 2.05) is 198 Å². The predicted molar refractivity (Wildman–Crippen MR) is 286 cm³/mol. The monoisotopic (exact) mass is 948 g/mol. The Kier molecular flexibility index (Phi) is 10.6. The Bertz CT molecular complexity index is 3710. The van der Waals surface area contributed by atoms with Crippen LogP contribution in [0.25, 0.3) is 111 Å². The number of nitrogens with zero attached hydrogens (tertiary/aromatic N) is 2. The number of hydrogen-bond acceptors (Lipinski definition) is 0. The summed E-state index contributed by atoms with van der Waals surface area (Å²) in [6, 6.07) is 61.5. The molecule has 0 amide bonds. The largest absolute Gasteiger partial charge is 0.420 e. The van der Waals surface area contributed by atoms with E-state index in [1.165, 1.54) is 18.2 Å². The molecule has 0 unspecified atom stereocenters. The summed E-state index contributed by atoms with van der Waals surface area (Å²) < 4.78 is 86.7. The first-order chi connectivity index (χ1) is 34.8. The molecule has 0 atom stereocenters. The van der Waals surface area contributed by atoms with E-state index in [-0.39, 0.29) is 16.9 Å². The molecule has 12 aromatic rings. The molecule has 0 radical (unpaired) electrons. The molecule has 0 N–H and O–H groups in total. The zero-order chi connectivity index (χ0) is 49.6. The normalized spacial score (nSPS) is 12.0. The van der Waals surface area contributed by atoms with Crippen LogP contribution in [0.15, 0.2) is 200 Å². The highest BCUT2D eigenvalue weighted by molar-refractivity contribution is 6.14. The van der Waals surface area contributed by atoms with Crippen molar-refractivity contribution in [3.8, 4) is 67.0 Å². The van der Waals surface area contributed by atoms with Crippen molar-refractivity contribution in [2.75, 3.05) is 0 Å². The smallest absolute Gasteiger partial charge is 0.309 e. The van der Waals surface area contributed by atoms with E-state index >= 15 is 22.0 Å².